The van der Waals surface area contributed by atoms with E-state index in [4.69, 9.17) is 4.74 Å². The van der Waals surface area contributed by atoms with E-state index < -0.39 is 11.5 Å². The number of hydrogen-bond donors (Lipinski definition) is 1. The summed E-state index contributed by atoms with van der Waals surface area (Å²) in [5.41, 5.74) is -0.902. The average Bonchev–Trinajstić information content (AvgIpc) is 2.17. The molecule has 0 saturated heterocycles. The second kappa shape index (κ2) is 6.80. The molecule has 0 amide bonds. The Labute approximate surface area is 92.2 Å². The molecule has 0 heterocycles. The van der Waals surface area contributed by atoms with Gasteiger partial charge in [-0.2, -0.15) is 0 Å². The molecule has 0 aliphatic heterocycles. The Kier molecular flexibility index (Phi) is 6.52. The molecule has 1 unspecified atom stereocenters. The fraction of sp³-hybridized carbons (Fsp3) is 0.909. The van der Waals surface area contributed by atoms with Crippen LogP contribution in [0.15, 0.2) is 0 Å². The van der Waals surface area contributed by atoms with Crippen LogP contribution in [-0.4, -0.2) is 48.3 Å². The first kappa shape index (κ1) is 14.4. The van der Waals surface area contributed by atoms with Crippen molar-refractivity contribution in [2.45, 2.75) is 39.2 Å². The highest BCUT2D eigenvalue weighted by Crippen LogP contribution is 2.17. The Bertz CT molecular complexity index is 190. The zero-order chi connectivity index (χ0) is 11.9. The molecular weight excluding hydrogens is 194 g/mol. The smallest absolute Gasteiger partial charge is 0.326 e. The Morgan fingerprint density at radius 3 is 2.07 bits per heavy atom. The predicted octanol–water partition coefficient (Wildman–Crippen LogP) is 1.60. The van der Waals surface area contributed by atoms with Gasteiger partial charge in [0.1, 0.15) is 5.54 Å². The Morgan fingerprint density at radius 1 is 1.33 bits per heavy atom. The molecule has 0 aliphatic rings. The first-order chi connectivity index (χ1) is 7.02. The van der Waals surface area contributed by atoms with E-state index in [-0.39, 0.29) is 6.61 Å². The highest BCUT2D eigenvalue weighted by atomic mass is 16.5. The van der Waals surface area contributed by atoms with Crippen molar-refractivity contribution < 1.29 is 14.6 Å². The number of carbonyl (C=O) groups is 1. The van der Waals surface area contributed by atoms with Gasteiger partial charge in [0.05, 0.1) is 6.61 Å². The molecule has 1 N–H and O–H groups in total. The van der Waals surface area contributed by atoms with E-state index in [2.05, 4.69) is 13.8 Å². The van der Waals surface area contributed by atoms with Gasteiger partial charge in [0, 0.05) is 7.11 Å². The first-order valence-electron chi connectivity index (χ1n) is 5.50. The number of nitrogens with zero attached hydrogens (tertiary/aromatic N) is 1. The molecule has 0 bridgehead atoms. The highest BCUT2D eigenvalue weighted by Gasteiger charge is 2.38. The fourth-order valence-electron chi connectivity index (χ4n) is 1.71. The van der Waals surface area contributed by atoms with E-state index >= 15 is 0 Å². The molecule has 0 saturated carbocycles. The molecule has 1 atom stereocenters. The minimum absolute atomic E-state index is 0.225. The molecular formula is C11H23NO3. The third-order valence-corrected chi connectivity index (χ3v) is 2.57. The average molecular weight is 217 g/mol. The zero-order valence-corrected chi connectivity index (χ0v) is 10.2. The van der Waals surface area contributed by atoms with Crippen molar-refractivity contribution in [1.82, 2.24) is 4.90 Å². The quantitative estimate of drug-likeness (QED) is 0.671. The number of rotatable bonds is 8. The summed E-state index contributed by atoms with van der Waals surface area (Å²) in [6, 6.07) is 0. The van der Waals surface area contributed by atoms with E-state index in [0.29, 0.717) is 0 Å². The zero-order valence-electron chi connectivity index (χ0n) is 10.2. The minimum atomic E-state index is -0.902. The third-order valence-electron chi connectivity index (χ3n) is 2.57. The van der Waals surface area contributed by atoms with Crippen LogP contribution < -0.4 is 0 Å². The number of methoxy groups -OCH3 is 1. The van der Waals surface area contributed by atoms with Crippen LogP contribution in [0.5, 0.6) is 0 Å². The van der Waals surface area contributed by atoms with Crippen LogP contribution in [0.4, 0.5) is 0 Å². The standard InChI is InChI=1S/C11H23NO3/c1-5-7-12(8-6-2)11(3,9-15-4)10(13)14/h5-9H2,1-4H3,(H,13,14). The van der Waals surface area contributed by atoms with E-state index in [1.807, 2.05) is 4.90 Å². The van der Waals surface area contributed by atoms with Crippen LogP contribution in [0, 0.1) is 0 Å². The van der Waals surface area contributed by atoms with Crippen LogP contribution in [-0.2, 0) is 9.53 Å². The molecule has 0 aliphatic carbocycles. The maximum absolute atomic E-state index is 11.3. The Morgan fingerprint density at radius 2 is 1.80 bits per heavy atom. The fourth-order valence-corrected chi connectivity index (χ4v) is 1.71. The van der Waals surface area contributed by atoms with Gasteiger partial charge in [-0.25, -0.2) is 0 Å². The van der Waals surface area contributed by atoms with Gasteiger partial charge in [-0.3, -0.25) is 9.69 Å². The summed E-state index contributed by atoms with van der Waals surface area (Å²) < 4.78 is 5.02. The summed E-state index contributed by atoms with van der Waals surface area (Å²) in [6.45, 7) is 7.64. The van der Waals surface area contributed by atoms with Crippen molar-refractivity contribution in [3.8, 4) is 0 Å². The summed E-state index contributed by atoms with van der Waals surface area (Å²) in [5.74, 6) is -0.814. The SMILES string of the molecule is CCCN(CCC)C(C)(COC)C(=O)O. The van der Waals surface area contributed by atoms with Gasteiger partial charge in [-0.05, 0) is 32.9 Å². The molecule has 0 fully saturated rings. The van der Waals surface area contributed by atoms with Crippen molar-refractivity contribution in [2.24, 2.45) is 0 Å². The second-order valence-corrected chi connectivity index (χ2v) is 4.00. The first-order valence-corrected chi connectivity index (χ1v) is 5.50. The van der Waals surface area contributed by atoms with Crippen molar-refractivity contribution in [1.29, 1.82) is 0 Å². The monoisotopic (exact) mass is 217 g/mol. The summed E-state index contributed by atoms with van der Waals surface area (Å²) in [6.07, 6.45) is 1.90. The molecule has 0 aromatic rings. The maximum Gasteiger partial charge on any atom is 0.326 e. The van der Waals surface area contributed by atoms with Crippen LogP contribution in [0.25, 0.3) is 0 Å². The summed E-state index contributed by atoms with van der Waals surface area (Å²) in [7, 11) is 1.54. The second-order valence-electron chi connectivity index (χ2n) is 4.00. The summed E-state index contributed by atoms with van der Waals surface area (Å²) in [5, 5.41) is 9.27. The van der Waals surface area contributed by atoms with Crippen molar-refractivity contribution in [3.05, 3.63) is 0 Å². The molecule has 0 rings (SSSR count). The van der Waals surface area contributed by atoms with Crippen LogP contribution >= 0.6 is 0 Å². The predicted molar refractivity (Wildman–Crippen MR) is 60.1 cm³/mol. The van der Waals surface area contributed by atoms with Crippen LogP contribution in [0.1, 0.15) is 33.6 Å². The van der Waals surface area contributed by atoms with E-state index in [9.17, 15) is 9.90 Å². The molecule has 0 spiro atoms. The van der Waals surface area contributed by atoms with E-state index in [0.717, 1.165) is 25.9 Å². The number of ether oxygens (including phenoxy) is 1. The maximum atomic E-state index is 11.3. The lowest BCUT2D eigenvalue weighted by atomic mass is 10.0. The number of carboxylic acid groups (broad SMARTS) is 1. The molecule has 0 radical (unpaired) electrons. The molecule has 15 heavy (non-hydrogen) atoms. The summed E-state index contributed by atoms with van der Waals surface area (Å²) >= 11 is 0. The number of hydrogen-bond acceptors (Lipinski definition) is 3. The molecule has 0 aromatic carbocycles. The van der Waals surface area contributed by atoms with Gasteiger partial charge in [0.15, 0.2) is 0 Å². The van der Waals surface area contributed by atoms with Crippen molar-refractivity contribution in [3.63, 3.8) is 0 Å². The number of aliphatic carboxylic acids is 1. The topological polar surface area (TPSA) is 49.8 Å². The van der Waals surface area contributed by atoms with Crippen molar-refractivity contribution in [2.75, 3.05) is 26.8 Å². The number of carboxylic acids is 1. The van der Waals surface area contributed by atoms with E-state index in [1.165, 1.54) is 7.11 Å². The lowest BCUT2D eigenvalue weighted by molar-refractivity contribution is -0.154. The van der Waals surface area contributed by atoms with E-state index in [1.54, 1.807) is 6.92 Å². The lowest BCUT2D eigenvalue weighted by Gasteiger charge is -2.37. The van der Waals surface area contributed by atoms with Gasteiger partial charge in [-0.1, -0.05) is 13.8 Å². The molecule has 90 valence electrons. The lowest BCUT2D eigenvalue weighted by Crippen LogP contribution is -2.56. The molecule has 4 heteroatoms. The van der Waals surface area contributed by atoms with Gasteiger partial charge in [0.2, 0.25) is 0 Å². The minimum Gasteiger partial charge on any atom is -0.480 e. The molecule has 0 aromatic heterocycles. The highest BCUT2D eigenvalue weighted by molar-refractivity contribution is 5.78. The third kappa shape index (κ3) is 3.80. The Hall–Kier alpha value is -0.610. The normalized spacial score (nSPS) is 15.3. The summed E-state index contributed by atoms with van der Waals surface area (Å²) in [4.78, 5) is 13.3. The Balaban J connectivity index is 4.72. The largest absolute Gasteiger partial charge is 0.480 e. The van der Waals surface area contributed by atoms with Crippen molar-refractivity contribution >= 4 is 5.97 Å². The van der Waals surface area contributed by atoms with Gasteiger partial charge in [-0.15, -0.1) is 0 Å². The molecule has 4 nitrogen and oxygen atoms in total. The van der Waals surface area contributed by atoms with Gasteiger partial charge in [0.25, 0.3) is 0 Å². The van der Waals surface area contributed by atoms with Gasteiger partial charge >= 0.3 is 5.97 Å². The van der Waals surface area contributed by atoms with Crippen LogP contribution in [0.2, 0.25) is 0 Å². The van der Waals surface area contributed by atoms with Crippen LogP contribution in [0.3, 0.4) is 0 Å². The van der Waals surface area contributed by atoms with Gasteiger partial charge < -0.3 is 9.84 Å².